The van der Waals surface area contributed by atoms with Crippen LogP contribution in [-0.4, -0.2) is 9.78 Å². The molecule has 1 aromatic rings. The van der Waals surface area contributed by atoms with Gasteiger partial charge in [0.15, 0.2) is 0 Å². The molecule has 1 heterocycles. The first-order valence-corrected chi connectivity index (χ1v) is 7.50. The van der Waals surface area contributed by atoms with E-state index in [1.807, 2.05) is 45.6 Å². The Labute approximate surface area is 154 Å². The summed E-state index contributed by atoms with van der Waals surface area (Å²) in [6.45, 7) is 23.2. The second-order valence-electron chi connectivity index (χ2n) is 6.62. The van der Waals surface area contributed by atoms with Crippen LogP contribution < -0.4 is 0 Å². The molecule has 0 bridgehead atoms. The van der Waals surface area contributed by atoms with Crippen molar-refractivity contribution in [1.29, 1.82) is 0 Å². The predicted molar refractivity (Wildman–Crippen MR) is 89.7 cm³/mol. The third-order valence-electron chi connectivity index (χ3n) is 1.48. The van der Waals surface area contributed by atoms with Gasteiger partial charge in [-0.05, 0) is 11.5 Å². The zero-order chi connectivity index (χ0) is 16.3. The molecule has 0 aliphatic heterocycles. The van der Waals surface area contributed by atoms with Crippen LogP contribution in [0.15, 0.2) is 12.3 Å². The van der Waals surface area contributed by atoms with Crippen molar-refractivity contribution in [1.82, 2.24) is 9.78 Å². The number of rotatable bonds is 0. The van der Waals surface area contributed by atoms with Crippen molar-refractivity contribution in [3.63, 3.8) is 0 Å². The molecule has 0 atom stereocenters. The molecule has 0 aliphatic carbocycles. The van der Waals surface area contributed by atoms with Crippen LogP contribution in [0, 0.1) is 5.41 Å². The summed E-state index contributed by atoms with van der Waals surface area (Å²) in [6, 6.07) is 2.06. The Morgan fingerprint density at radius 2 is 1.15 bits per heavy atom. The smallest absolute Gasteiger partial charge is 0.0677 e. The summed E-state index contributed by atoms with van der Waals surface area (Å²) in [7, 11) is 1.94. The van der Waals surface area contributed by atoms with Gasteiger partial charge in [-0.3, -0.25) is 4.68 Å². The van der Waals surface area contributed by atoms with Gasteiger partial charge in [-0.15, -0.1) is 0 Å². The first-order chi connectivity index (χ1) is 8.50. The largest absolute Gasteiger partial charge is 0.276 e. The molecule has 0 saturated heterocycles. The summed E-state index contributed by atoms with van der Waals surface area (Å²) in [5, 5.41) is 4.30. The topological polar surface area (TPSA) is 17.8 Å². The summed E-state index contributed by atoms with van der Waals surface area (Å²) in [5.41, 5.74) is 1.83. The minimum atomic E-state index is 0. The van der Waals surface area contributed by atoms with Gasteiger partial charge in [0, 0.05) is 51.4 Å². The van der Waals surface area contributed by atoms with E-state index in [4.69, 9.17) is 0 Å². The van der Waals surface area contributed by atoms with Gasteiger partial charge in [-0.2, -0.15) is 5.10 Å². The van der Waals surface area contributed by atoms with Crippen molar-refractivity contribution in [3.05, 3.63) is 18.0 Å². The number of hydrogen-bond acceptors (Lipinski definition) is 1. The summed E-state index contributed by atoms with van der Waals surface area (Å²) in [4.78, 5) is 0. The van der Waals surface area contributed by atoms with Gasteiger partial charge in [0.25, 0.3) is 0 Å². The van der Waals surface area contributed by atoms with Crippen LogP contribution >= 0.6 is 0 Å². The van der Waals surface area contributed by atoms with E-state index < -0.39 is 0 Å². The first-order valence-electron chi connectivity index (χ1n) is 7.50. The fraction of sp³-hybridized carbons (Fsp3) is 0.824. The Morgan fingerprint density at radius 1 is 0.850 bits per heavy atom. The summed E-state index contributed by atoms with van der Waals surface area (Å²) in [5.74, 6) is 0. The molecule has 0 amide bonds. The molecule has 0 spiro atoms. The molecule has 1 rings (SSSR count). The molecule has 20 heavy (non-hydrogen) atoms. The third-order valence-corrected chi connectivity index (χ3v) is 1.48. The molecular weight excluding hydrogens is 321 g/mol. The summed E-state index contributed by atoms with van der Waals surface area (Å²) in [6.07, 6.45) is 1.97. The molecule has 0 unspecified atom stereocenters. The van der Waals surface area contributed by atoms with Gasteiger partial charge >= 0.3 is 0 Å². The van der Waals surface area contributed by atoms with E-state index in [9.17, 15) is 0 Å². The minimum absolute atomic E-state index is 0. The number of aromatic nitrogens is 2. The van der Waals surface area contributed by atoms with Crippen molar-refractivity contribution in [2.75, 3.05) is 0 Å². The zero-order valence-corrected chi connectivity index (χ0v) is 19.0. The maximum absolute atomic E-state index is 4.30. The first kappa shape index (κ1) is 28.5. The Bertz CT molecular complexity index is 285. The van der Waals surface area contributed by atoms with E-state index in [-0.39, 0.29) is 38.1 Å². The van der Waals surface area contributed by atoms with Gasteiger partial charge in [-0.1, -0.05) is 76.2 Å². The molecule has 2 nitrogen and oxygen atoms in total. The number of hydrogen-bond donors (Lipinski definition) is 0. The van der Waals surface area contributed by atoms with Crippen LogP contribution in [0.4, 0.5) is 0 Å². The quantitative estimate of drug-likeness (QED) is 0.571. The summed E-state index contributed by atoms with van der Waals surface area (Å²) >= 11 is 0. The second-order valence-corrected chi connectivity index (χ2v) is 6.62. The average molecular weight is 359 g/mol. The van der Waals surface area contributed by atoms with E-state index in [1.54, 1.807) is 0 Å². The second kappa shape index (κ2) is 14.3. The molecule has 0 fully saturated rings. The molecule has 0 saturated carbocycles. The maximum atomic E-state index is 4.30. The van der Waals surface area contributed by atoms with Crippen LogP contribution in [0.25, 0.3) is 0 Å². The van der Waals surface area contributed by atoms with Gasteiger partial charge < -0.3 is 0 Å². The van der Waals surface area contributed by atoms with E-state index in [0.29, 0.717) is 5.41 Å². The molecule has 1 radical (unpaired) electrons. The Morgan fingerprint density at radius 3 is 1.25 bits per heavy atom. The average Bonchev–Trinajstić information content (AvgIpc) is 2.68. The fourth-order valence-electron chi connectivity index (χ4n) is 0.815. The van der Waals surface area contributed by atoms with Crippen molar-refractivity contribution in [2.24, 2.45) is 12.5 Å². The van der Waals surface area contributed by atoms with Crippen LogP contribution in [0.2, 0.25) is 0 Å². The zero-order valence-electron chi connectivity index (χ0n) is 16.1. The SMILES string of the molecule is CC.CC.CC(C)(C)C.Cn1ccc(C(C)(C)C)n1.[Y]. The number of aryl methyl sites for hydroxylation is 1. The van der Waals surface area contributed by atoms with E-state index >= 15 is 0 Å². The van der Waals surface area contributed by atoms with Crippen molar-refractivity contribution >= 4 is 0 Å². The van der Waals surface area contributed by atoms with Gasteiger partial charge in [0.1, 0.15) is 0 Å². The molecule has 0 aliphatic rings. The molecule has 0 aromatic carbocycles. The van der Waals surface area contributed by atoms with Crippen LogP contribution in [0.1, 0.15) is 81.9 Å². The molecule has 3 heteroatoms. The predicted octanol–water partition coefficient (Wildman–Crippen LogP) is 5.82. The molecule has 119 valence electrons. The number of nitrogens with zero attached hydrogens (tertiary/aromatic N) is 2. The molecule has 0 N–H and O–H groups in total. The van der Waals surface area contributed by atoms with Crippen molar-refractivity contribution in [2.45, 2.75) is 81.6 Å². The van der Waals surface area contributed by atoms with E-state index in [2.05, 4.69) is 59.6 Å². The Balaban J connectivity index is -0.000000110. The molecular formula is C17H38N2Y. The Hall–Kier alpha value is 0.314. The van der Waals surface area contributed by atoms with Gasteiger partial charge in [0.05, 0.1) is 5.69 Å². The van der Waals surface area contributed by atoms with Crippen LogP contribution in [0.5, 0.6) is 0 Å². The van der Waals surface area contributed by atoms with Crippen molar-refractivity contribution < 1.29 is 32.7 Å². The fourth-order valence-corrected chi connectivity index (χ4v) is 0.815. The van der Waals surface area contributed by atoms with Crippen molar-refractivity contribution in [3.8, 4) is 0 Å². The van der Waals surface area contributed by atoms with E-state index in [1.165, 1.54) is 0 Å². The van der Waals surface area contributed by atoms with Gasteiger partial charge in [0.2, 0.25) is 0 Å². The minimum Gasteiger partial charge on any atom is -0.276 e. The van der Waals surface area contributed by atoms with Crippen LogP contribution in [0.3, 0.4) is 0 Å². The van der Waals surface area contributed by atoms with Crippen LogP contribution in [-0.2, 0) is 45.2 Å². The summed E-state index contributed by atoms with van der Waals surface area (Å²) < 4.78 is 1.83. The maximum Gasteiger partial charge on any atom is 0.0677 e. The van der Waals surface area contributed by atoms with Gasteiger partial charge in [-0.25, -0.2) is 0 Å². The normalized spacial score (nSPS) is 9.60. The monoisotopic (exact) mass is 359 g/mol. The molecule has 1 aromatic heterocycles. The standard InChI is InChI=1S/C8H14N2.C5H12.2C2H6.Y/c1-8(2,3)7-5-6-10(4)9-7;1-5(2,3)4;2*1-2;/h5-6H,1-4H3;1-4H3;2*1-2H3;. The van der Waals surface area contributed by atoms with E-state index in [0.717, 1.165) is 5.69 Å². The Kier molecular flexibility index (Phi) is 20.3. The third kappa shape index (κ3) is 23.4.